The number of carbonyl (C=O) groups is 2. The fourth-order valence-corrected chi connectivity index (χ4v) is 4.76. The van der Waals surface area contributed by atoms with Crippen molar-refractivity contribution in [1.82, 2.24) is 8.87 Å². The molecule has 0 aliphatic carbocycles. The second-order valence-corrected chi connectivity index (χ2v) is 9.42. The molecule has 0 spiro atoms. The van der Waals surface area contributed by atoms with E-state index in [0.717, 1.165) is 21.7 Å². The van der Waals surface area contributed by atoms with Crippen LogP contribution in [0.4, 0.5) is 10.1 Å². The van der Waals surface area contributed by atoms with Crippen molar-refractivity contribution < 1.29 is 22.4 Å². The van der Waals surface area contributed by atoms with Crippen LogP contribution < -0.4 is 5.32 Å². The lowest BCUT2D eigenvalue weighted by Gasteiger charge is -2.13. The van der Waals surface area contributed by atoms with Gasteiger partial charge in [0.1, 0.15) is 23.2 Å². The first kappa shape index (κ1) is 23.7. The van der Waals surface area contributed by atoms with Gasteiger partial charge in [-0.2, -0.15) is 5.26 Å². The fourth-order valence-electron chi connectivity index (χ4n) is 3.26. The van der Waals surface area contributed by atoms with Gasteiger partial charge in [0.2, 0.25) is 11.7 Å². The summed E-state index contributed by atoms with van der Waals surface area (Å²) < 4.78 is 42.6. The number of nitrogens with one attached hydrogen (secondary N) is 1. The quantitative estimate of drug-likeness (QED) is 0.337. The van der Waals surface area contributed by atoms with Gasteiger partial charge in [0.25, 0.3) is 10.0 Å². The predicted molar refractivity (Wildman–Crippen MR) is 122 cm³/mol. The third kappa shape index (κ3) is 4.63. The molecule has 0 atom stereocenters. The Morgan fingerprint density at radius 3 is 2.33 bits per heavy atom. The van der Waals surface area contributed by atoms with E-state index in [1.54, 1.807) is 39.2 Å². The van der Waals surface area contributed by atoms with Gasteiger partial charge < -0.3 is 10.2 Å². The molecule has 0 aliphatic rings. The molecule has 3 aromatic rings. The first-order valence-corrected chi connectivity index (χ1v) is 11.2. The molecule has 8 nitrogen and oxygen atoms in total. The third-order valence-corrected chi connectivity index (χ3v) is 6.44. The van der Waals surface area contributed by atoms with E-state index >= 15 is 0 Å². The van der Waals surface area contributed by atoms with Crippen LogP contribution in [0.25, 0.3) is 10.9 Å². The van der Waals surface area contributed by atoms with Gasteiger partial charge in [-0.15, -0.1) is 0 Å². The Labute approximate surface area is 190 Å². The van der Waals surface area contributed by atoms with Gasteiger partial charge in [-0.1, -0.05) is 17.7 Å². The van der Waals surface area contributed by atoms with Crippen molar-refractivity contribution in [2.75, 3.05) is 19.4 Å². The van der Waals surface area contributed by atoms with Crippen molar-refractivity contribution in [3.63, 3.8) is 0 Å². The number of nitrogens with zero attached hydrogens (tertiary/aromatic N) is 3. The molecule has 0 fully saturated rings. The highest BCUT2D eigenvalue weighted by Crippen LogP contribution is 2.31. The number of Topliss-reactive ketones (excluding diaryl/α,β-unsaturated/α-hetero) is 1. The average molecular weight is 469 g/mol. The zero-order chi connectivity index (χ0) is 24.5. The molecule has 10 heteroatoms. The molecule has 1 amide bonds. The number of aromatic nitrogens is 1. The lowest BCUT2D eigenvalue weighted by atomic mass is 10.1. The summed E-state index contributed by atoms with van der Waals surface area (Å²) in [6.45, 7) is 2.98. The summed E-state index contributed by atoms with van der Waals surface area (Å²) in [7, 11) is -1.11. The zero-order valence-electron chi connectivity index (χ0n) is 18.4. The molecule has 0 bridgehead atoms. The van der Waals surface area contributed by atoms with Crippen LogP contribution in [0.1, 0.15) is 23.0 Å². The van der Waals surface area contributed by atoms with E-state index in [-0.39, 0.29) is 32.8 Å². The van der Waals surface area contributed by atoms with Crippen molar-refractivity contribution in [3.05, 3.63) is 71.3 Å². The summed E-state index contributed by atoms with van der Waals surface area (Å²) in [5, 5.41) is 11.9. The smallest absolute Gasteiger partial charge is 0.268 e. The highest BCUT2D eigenvalue weighted by atomic mass is 32.2. The summed E-state index contributed by atoms with van der Waals surface area (Å²) in [4.78, 5) is 26.1. The molecule has 170 valence electrons. The number of halogens is 1. The highest BCUT2D eigenvalue weighted by Gasteiger charge is 2.29. The molecule has 0 saturated carbocycles. The van der Waals surface area contributed by atoms with Gasteiger partial charge in [0, 0.05) is 32.6 Å². The molecule has 0 unspecified atom stereocenters. The van der Waals surface area contributed by atoms with E-state index in [1.165, 1.54) is 36.2 Å². The van der Waals surface area contributed by atoms with E-state index in [2.05, 4.69) is 5.32 Å². The second-order valence-electron chi connectivity index (χ2n) is 7.63. The highest BCUT2D eigenvalue weighted by molar-refractivity contribution is 7.90. The number of aryl methyl sites for hydroxylation is 1. The first-order chi connectivity index (χ1) is 15.4. The number of anilines is 1. The summed E-state index contributed by atoms with van der Waals surface area (Å²) in [5.74, 6) is -2.20. The van der Waals surface area contributed by atoms with Crippen LogP contribution in [0, 0.1) is 24.1 Å². The standard InChI is InChI=1S/C23H21FN4O4S/c1-14-5-7-18(8-6-14)33(31,32)28-21-11-20(26-15(2)29)19(24)9-16(21)10-22(28)23(30)17(12-25)13-27(3)4/h5-11,13H,1-4H3,(H,26,29). The molecule has 33 heavy (non-hydrogen) atoms. The predicted octanol–water partition coefficient (Wildman–Crippen LogP) is 3.44. The maximum Gasteiger partial charge on any atom is 0.268 e. The van der Waals surface area contributed by atoms with Gasteiger partial charge in [-0.05, 0) is 37.3 Å². The summed E-state index contributed by atoms with van der Waals surface area (Å²) in [6, 6.07) is 11.2. The molecule has 1 aromatic heterocycles. The van der Waals surface area contributed by atoms with Crippen LogP contribution in [0.2, 0.25) is 0 Å². The molecule has 1 heterocycles. The van der Waals surface area contributed by atoms with Gasteiger partial charge >= 0.3 is 0 Å². The minimum absolute atomic E-state index is 0.0220. The van der Waals surface area contributed by atoms with Crippen LogP contribution in [-0.2, 0) is 14.8 Å². The Morgan fingerprint density at radius 2 is 1.79 bits per heavy atom. The van der Waals surface area contributed by atoms with E-state index in [1.807, 2.05) is 0 Å². The zero-order valence-corrected chi connectivity index (χ0v) is 19.2. The van der Waals surface area contributed by atoms with Gasteiger partial charge in [0.15, 0.2) is 0 Å². The van der Waals surface area contributed by atoms with E-state index < -0.39 is 27.5 Å². The first-order valence-electron chi connectivity index (χ1n) is 9.73. The Kier molecular flexibility index (Phi) is 6.37. The minimum atomic E-state index is -4.33. The second kappa shape index (κ2) is 8.88. The van der Waals surface area contributed by atoms with Gasteiger partial charge in [0.05, 0.1) is 16.1 Å². The molecule has 0 aliphatic heterocycles. The van der Waals surface area contributed by atoms with Crippen molar-refractivity contribution in [2.24, 2.45) is 0 Å². The van der Waals surface area contributed by atoms with Crippen LogP contribution in [0.3, 0.4) is 0 Å². The number of benzene rings is 2. The largest absolute Gasteiger partial charge is 0.382 e. The Morgan fingerprint density at radius 1 is 1.15 bits per heavy atom. The number of nitriles is 1. The maximum atomic E-state index is 14.6. The van der Waals surface area contributed by atoms with Crippen molar-refractivity contribution in [3.8, 4) is 6.07 Å². The van der Waals surface area contributed by atoms with Crippen LogP contribution >= 0.6 is 0 Å². The molecular formula is C23H21FN4O4S. The molecular weight excluding hydrogens is 447 g/mol. The van der Waals surface area contributed by atoms with E-state index in [0.29, 0.717) is 0 Å². The summed E-state index contributed by atoms with van der Waals surface area (Å²) >= 11 is 0. The normalized spacial score (nSPS) is 11.8. The number of hydrogen-bond donors (Lipinski definition) is 1. The Bertz CT molecular complexity index is 1450. The van der Waals surface area contributed by atoms with E-state index in [9.17, 15) is 27.7 Å². The molecule has 1 N–H and O–H groups in total. The Hall–Kier alpha value is -3.97. The minimum Gasteiger partial charge on any atom is -0.382 e. The van der Waals surface area contributed by atoms with Crippen molar-refractivity contribution in [1.29, 1.82) is 5.26 Å². The average Bonchev–Trinajstić information content (AvgIpc) is 3.10. The molecule has 0 radical (unpaired) electrons. The maximum absolute atomic E-state index is 14.6. The van der Waals surface area contributed by atoms with Crippen LogP contribution in [-0.4, -0.2) is 43.1 Å². The number of amides is 1. The van der Waals surface area contributed by atoms with Gasteiger partial charge in [-0.3, -0.25) is 9.59 Å². The molecule has 3 rings (SSSR count). The van der Waals surface area contributed by atoms with Crippen molar-refractivity contribution >= 4 is 38.3 Å². The number of hydrogen-bond acceptors (Lipinski definition) is 6. The number of carbonyl (C=O) groups excluding carboxylic acids is 2. The molecule has 2 aromatic carbocycles. The summed E-state index contributed by atoms with van der Waals surface area (Å²) in [6.07, 6.45) is 1.27. The van der Waals surface area contributed by atoms with Gasteiger partial charge in [-0.25, -0.2) is 16.8 Å². The lowest BCUT2D eigenvalue weighted by Crippen LogP contribution is -2.20. The van der Waals surface area contributed by atoms with Crippen molar-refractivity contribution in [2.45, 2.75) is 18.7 Å². The summed E-state index contributed by atoms with van der Waals surface area (Å²) in [5.41, 5.74) is -0.0633. The number of rotatable bonds is 6. The number of ketones is 1. The SMILES string of the molecule is CC(=O)Nc1cc2c(cc1F)cc(C(=O)C(C#N)=CN(C)C)n2S(=O)(=O)c1ccc(C)cc1. The topological polar surface area (TPSA) is 112 Å². The third-order valence-electron chi connectivity index (χ3n) is 4.70. The van der Waals surface area contributed by atoms with Crippen LogP contribution in [0.15, 0.2) is 59.1 Å². The number of allylic oxidation sites excluding steroid dienone is 1. The fraction of sp³-hybridized carbons (Fsp3) is 0.174. The Balaban J connectivity index is 2.39. The van der Waals surface area contributed by atoms with E-state index in [4.69, 9.17) is 0 Å². The van der Waals surface area contributed by atoms with Crippen LogP contribution in [0.5, 0.6) is 0 Å². The monoisotopic (exact) mass is 468 g/mol. The molecule has 0 saturated heterocycles. The number of fused-ring (bicyclic) bond motifs is 1. The lowest BCUT2D eigenvalue weighted by molar-refractivity contribution is -0.114.